The number of benzene rings is 2. The number of amides is 1. The molecule has 142 valence electrons. The Balaban J connectivity index is 1.42. The van der Waals surface area contributed by atoms with Gasteiger partial charge in [0.15, 0.2) is 6.61 Å². The van der Waals surface area contributed by atoms with Gasteiger partial charge < -0.3 is 14.5 Å². The van der Waals surface area contributed by atoms with Crippen molar-refractivity contribution in [2.45, 2.75) is 13.3 Å². The number of esters is 1. The predicted octanol–water partition coefficient (Wildman–Crippen LogP) is 2.57. The van der Waals surface area contributed by atoms with E-state index in [4.69, 9.17) is 4.74 Å². The molecule has 27 heavy (non-hydrogen) atoms. The first-order valence-electron chi connectivity index (χ1n) is 9.01. The van der Waals surface area contributed by atoms with Gasteiger partial charge in [-0.25, -0.2) is 4.39 Å². The van der Waals surface area contributed by atoms with Gasteiger partial charge >= 0.3 is 5.97 Å². The standard InChI is InChI=1S/C21H23FN2O3/c1-16-2-4-17(5-3-16)14-21(26)27-15-20(25)24-12-10-23(11-13-24)19-8-6-18(22)7-9-19/h2-9H,10-15H2,1H3. The zero-order valence-electron chi connectivity index (χ0n) is 15.4. The fraction of sp³-hybridized carbons (Fsp3) is 0.333. The van der Waals surface area contributed by atoms with Crippen LogP contribution in [0.2, 0.25) is 0 Å². The predicted molar refractivity (Wildman–Crippen MR) is 101 cm³/mol. The van der Waals surface area contributed by atoms with Crippen LogP contribution < -0.4 is 4.90 Å². The number of piperazine rings is 1. The molecular formula is C21H23FN2O3. The van der Waals surface area contributed by atoms with Gasteiger partial charge in [0.1, 0.15) is 5.82 Å². The lowest BCUT2D eigenvalue weighted by Gasteiger charge is -2.36. The molecule has 2 aromatic rings. The van der Waals surface area contributed by atoms with Crippen molar-refractivity contribution in [2.75, 3.05) is 37.7 Å². The van der Waals surface area contributed by atoms with E-state index in [1.54, 1.807) is 17.0 Å². The number of rotatable bonds is 5. The number of ether oxygens (including phenoxy) is 1. The Morgan fingerprint density at radius 3 is 2.22 bits per heavy atom. The fourth-order valence-corrected chi connectivity index (χ4v) is 3.02. The van der Waals surface area contributed by atoms with Crippen molar-refractivity contribution in [1.82, 2.24) is 4.90 Å². The van der Waals surface area contributed by atoms with Crippen molar-refractivity contribution in [3.63, 3.8) is 0 Å². The number of hydrogen-bond acceptors (Lipinski definition) is 4. The summed E-state index contributed by atoms with van der Waals surface area (Å²) in [4.78, 5) is 28.0. The van der Waals surface area contributed by atoms with Crippen LogP contribution in [0.15, 0.2) is 48.5 Å². The second-order valence-electron chi connectivity index (χ2n) is 6.67. The van der Waals surface area contributed by atoms with Gasteiger partial charge in [-0.3, -0.25) is 9.59 Å². The molecule has 0 bridgehead atoms. The highest BCUT2D eigenvalue weighted by Crippen LogP contribution is 2.17. The molecule has 0 N–H and O–H groups in total. The molecule has 0 aromatic heterocycles. The Morgan fingerprint density at radius 2 is 1.59 bits per heavy atom. The third-order valence-corrected chi connectivity index (χ3v) is 4.65. The van der Waals surface area contributed by atoms with Crippen LogP contribution in [0.3, 0.4) is 0 Å². The highest BCUT2D eigenvalue weighted by Gasteiger charge is 2.22. The summed E-state index contributed by atoms with van der Waals surface area (Å²) in [5.41, 5.74) is 2.93. The molecule has 1 heterocycles. The van der Waals surface area contributed by atoms with Crippen LogP contribution in [0.1, 0.15) is 11.1 Å². The van der Waals surface area contributed by atoms with Crippen LogP contribution in [0.4, 0.5) is 10.1 Å². The molecule has 1 aliphatic rings. The van der Waals surface area contributed by atoms with Crippen LogP contribution >= 0.6 is 0 Å². The normalized spacial score (nSPS) is 14.1. The van der Waals surface area contributed by atoms with Gasteiger partial charge in [0.2, 0.25) is 0 Å². The largest absolute Gasteiger partial charge is 0.455 e. The first-order valence-corrected chi connectivity index (χ1v) is 9.01. The van der Waals surface area contributed by atoms with Crippen LogP contribution in [-0.2, 0) is 20.7 Å². The minimum absolute atomic E-state index is 0.159. The Bertz CT molecular complexity index is 782. The summed E-state index contributed by atoms with van der Waals surface area (Å²) in [7, 11) is 0. The van der Waals surface area contributed by atoms with E-state index in [1.807, 2.05) is 31.2 Å². The van der Waals surface area contributed by atoms with E-state index in [-0.39, 0.29) is 24.8 Å². The number of nitrogens with zero attached hydrogens (tertiary/aromatic N) is 2. The smallest absolute Gasteiger partial charge is 0.310 e. The minimum Gasteiger partial charge on any atom is -0.455 e. The highest BCUT2D eigenvalue weighted by atomic mass is 19.1. The Kier molecular flexibility index (Phi) is 6.06. The summed E-state index contributed by atoms with van der Waals surface area (Å²) in [6.45, 7) is 4.17. The zero-order valence-corrected chi connectivity index (χ0v) is 15.4. The molecule has 0 saturated carbocycles. The van der Waals surface area contributed by atoms with Crippen molar-refractivity contribution < 1.29 is 18.7 Å². The lowest BCUT2D eigenvalue weighted by molar-refractivity contribution is -0.151. The highest BCUT2D eigenvalue weighted by molar-refractivity contribution is 5.81. The van der Waals surface area contributed by atoms with Crippen LogP contribution in [-0.4, -0.2) is 49.6 Å². The summed E-state index contributed by atoms with van der Waals surface area (Å²) in [5, 5.41) is 0. The monoisotopic (exact) mass is 370 g/mol. The van der Waals surface area contributed by atoms with Crippen LogP contribution in [0, 0.1) is 12.7 Å². The van der Waals surface area contributed by atoms with Crippen molar-refractivity contribution in [3.05, 3.63) is 65.5 Å². The maximum Gasteiger partial charge on any atom is 0.310 e. The number of carbonyl (C=O) groups is 2. The van der Waals surface area contributed by atoms with E-state index in [2.05, 4.69) is 4.90 Å². The number of hydrogen-bond donors (Lipinski definition) is 0. The van der Waals surface area contributed by atoms with E-state index in [9.17, 15) is 14.0 Å². The summed E-state index contributed by atoms with van der Waals surface area (Å²) in [6.07, 6.45) is 0.159. The molecular weight excluding hydrogens is 347 g/mol. The summed E-state index contributed by atoms with van der Waals surface area (Å²) < 4.78 is 18.1. The fourth-order valence-electron chi connectivity index (χ4n) is 3.02. The van der Waals surface area contributed by atoms with E-state index in [0.29, 0.717) is 26.2 Å². The van der Waals surface area contributed by atoms with Gasteiger partial charge in [0.05, 0.1) is 6.42 Å². The van der Waals surface area contributed by atoms with Crippen molar-refractivity contribution >= 4 is 17.6 Å². The molecule has 3 rings (SSSR count). The topological polar surface area (TPSA) is 49.9 Å². The Labute approximate surface area is 158 Å². The molecule has 1 aliphatic heterocycles. The lowest BCUT2D eigenvalue weighted by atomic mass is 10.1. The number of carbonyl (C=O) groups excluding carboxylic acids is 2. The Hall–Kier alpha value is -2.89. The van der Waals surface area contributed by atoms with Gasteiger partial charge in [-0.1, -0.05) is 29.8 Å². The van der Waals surface area contributed by atoms with Gasteiger partial charge in [-0.2, -0.15) is 0 Å². The van der Waals surface area contributed by atoms with Crippen molar-refractivity contribution in [1.29, 1.82) is 0 Å². The maximum absolute atomic E-state index is 13.0. The van der Waals surface area contributed by atoms with Gasteiger partial charge in [-0.15, -0.1) is 0 Å². The van der Waals surface area contributed by atoms with Gasteiger partial charge in [-0.05, 0) is 36.8 Å². The Morgan fingerprint density at radius 1 is 0.963 bits per heavy atom. The van der Waals surface area contributed by atoms with Gasteiger partial charge in [0, 0.05) is 31.9 Å². The molecule has 0 spiro atoms. The molecule has 6 heteroatoms. The SMILES string of the molecule is Cc1ccc(CC(=O)OCC(=O)N2CCN(c3ccc(F)cc3)CC2)cc1. The van der Waals surface area contributed by atoms with E-state index in [1.165, 1.54) is 12.1 Å². The summed E-state index contributed by atoms with van der Waals surface area (Å²) in [5.74, 6) is -0.858. The first kappa shape index (κ1) is 18.9. The maximum atomic E-state index is 13.0. The zero-order chi connectivity index (χ0) is 19.2. The number of halogens is 1. The third-order valence-electron chi connectivity index (χ3n) is 4.65. The summed E-state index contributed by atoms with van der Waals surface area (Å²) >= 11 is 0. The quantitative estimate of drug-likeness (QED) is 0.759. The molecule has 0 unspecified atom stereocenters. The molecule has 1 saturated heterocycles. The average Bonchev–Trinajstić information content (AvgIpc) is 2.69. The van der Waals surface area contributed by atoms with E-state index >= 15 is 0 Å². The van der Waals surface area contributed by atoms with E-state index in [0.717, 1.165) is 16.8 Å². The first-order chi connectivity index (χ1) is 13.0. The average molecular weight is 370 g/mol. The molecule has 0 aliphatic carbocycles. The second kappa shape index (κ2) is 8.66. The molecule has 5 nitrogen and oxygen atoms in total. The van der Waals surface area contributed by atoms with Gasteiger partial charge in [0.25, 0.3) is 5.91 Å². The van der Waals surface area contributed by atoms with Crippen molar-refractivity contribution in [2.24, 2.45) is 0 Å². The molecule has 1 fully saturated rings. The molecule has 2 aromatic carbocycles. The lowest BCUT2D eigenvalue weighted by Crippen LogP contribution is -2.50. The van der Waals surface area contributed by atoms with Crippen LogP contribution in [0.5, 0.6) is 0 Å². The molecule has 0 atom stereocenters. The minimum atomic E-state index is -0.405. The summed E-state index contributed by atoms with van der Waals surface area (Å²) in [6, 6.07) is 14.0. The van der Waals surface area contributed by atoms with Crippen LogP contribution in [0.25, 0.3) is 0 Å². The second-order valence-corrected chi connectivity index (χ2v) is 6.67. The third kappa shape index (κ3) is 5.29. The van der Waals surface area contributed by atoms with E-state index < -0.39 is 5.97 Å². The number of aryl methyl sites for hydroxylation is 1. The molecule has 1 amide bonds. The number of anilines is 1. The van der Waals surface area contributed by atoms with Crippen molar-refractivity contribution in [3.8, 4) is 0 Å². The molecule has 0 radical (unpaired) electrons.